The fraction of sp³-hybridized carbons (Fsp3) is 0.273. The van der Waals surface area contributed by atoms with Crippen molar-refractivity contribution < 1.29 is 23.2 Å². The van der Waals surface area contributed by atoms with Gasteiger partial charge in [0.15, 0.2) is 5.56 Å². The Labute approximate surface area is 106 Å². The Morgan fingerprint density at radius 1 is 1.58 bits per heavy atom. The van der Waals surface area contributed by atoms with Crippen molar-refractivity contribution in [3.63, 3.8) is 0 Å². The molecule has 1 aromatic rings. The summed E-state index contributed by atoms with van der Waals surface area (Å²) in [7, 11) is 0. The van der Waals surface area contributed by atoms with Crippen LogP contribution >= 0.6 is 0 Å². The smallest absolute Gasteiger partial charge is 0.346 e. The Kier molecular flexibility index (Phi) is 4.47. The number of benzene rings is 1. The maximum absolute atomic E-state index is 12.7. The van der Waals surface area contributed by atoms with Crippen molar-refractivity contribution in [3.8, 4) is 6.07 Å². The lowest BCUT2D eigenvalue weighted by molar-refractivity contribution is -0.385. The zero-order chi connectivity index (χ0) is 14.6. The molecule has 0 radical (unpaired) electrons. The van der Waals surface area contributed by atoms with Gasteiger partial charge < -0.3 is 4.74 Å². The maximum atomic E-state index is 12.7. The molecule has 6 nitrogen and oxygen atoms in total. The SMILES string of the molecule is CCOC(=O)c1c([N+](=O)[O-])ccc(C(F)F)c1C#N. The number of hydrogen-bond donors (Lipinski definition) is 0. The fourth-order valence-corrected chi connectivity index (χ4v) is 1.47. The van der Waals surface area contributed by atoms with Crippen molar-refractivity contribution in [2.75, 3.05) is 6.61 Å². The van der Waals surface area contributed by atoms with E-state index in [4.69, 9.17) is 5.26 Å². The second kappa shape index (κ2) is 5.86. The van der Waals surface area contributed by atoms with Gasteiger partial charge in [0.2, 0.25) is 0 Å². The van der Waals surface area contributed by atoms with Gasteiger partial charge in [-0.25, -0.2) is 13.6 Å². The molecule has 0 bridgehead atoms. The van der Waals surface area contributed by atoms with E-state index in [1.165, 1.54) is 13.0 Å². The van der Waals surface area contributed by atoms with Gasteiger partial charge in [0.05, 0.1) is 17.1 Å². The van der Waals surface area contributed by atoms with Crippen molar-refractivity contribution >= 4 is 11.7 Å². The van der Waals surface area contributed by atoms with Gasteiger partial charge >= 0.3 is 5.97 Å². The van der Waals surface area contributed by atoms with Crippen molar-refractivity contribution in [2.45, 2.75) is 13.3 Å². The first kappa shape index (κ1) is 14.5. The Balaban J connectivity index is 3.60. The van der Waals surface area contributed by atoms with Crippen LogP contribution in [0.4, 0.5) is 14.5 Å². The molecular weight excluding hydrogens is 262 g/mol. The molecule has 1 rings (SSSR count). The van der Waals surface area contributed by atoms with Crippen LogP contribution in [0.5, 0.6) is 0 Å². The summed E-state index contributed by atoms with van der Waals surface area (Å²) in [6, 6.07) is 2.91. The number of nitrogens with zero attached hydrogens (tertiary/aromatic N) is 2. The van der Waals surface area contributed by atoms with Crippen LogP contribution in [0, 0.1) is 21.4 Å². The number of ether oxygens (including phenoxy) is 1. The standard InChI is InChI=1S/C11H8F2N2O4/c1-2-19-11(16)9-7(5-14)6(10(12)13)3-4-8(9)15(17)18/h3-4,10H,2H2,1H3. The predicted octanol–water partition coefficient (Wildman–Crippen LogP) is 2.58. The third-order valence-electron chi connectivity index (χ3n) is 2.24. The molecule has 0 aromatic heterocycles. The fourth-order valence-electron chi connectivity index (χ4n) is 1.47. The molecule has 0 fully saturated rings. The van der Waals surface area contributed by atoms with E-state index in [0.717, 1.165) is 12.1 Å². The Hall–Kier alpha value is -2.56. The van der Waals surface area contributed by atoms with E-state index in [0.29, 0.717) is 0 Å². The van der Waals surface area contributed by atoms with E-state index in [2.05, 4.69) is 4.74 Å². The summed E-state index contributed by atoms with van der Waals surface area (Å²) in [5.41, 5.74) is -2.95. The van der Waals surface area contributed by atoms with Crippen molar-refractivity contribution in [1.29, 1.82) is 5.26 Å². The molecule has 100 valence electrons. The van der Waals surface area contributed by atoms with Gasteiger partial charge in [0.25, 0.3) is 12.1 Å². The average Bonchev–Trinajstić information content (AvgIpc) is 2.36. The van der Waals surface area contributed by atoms with Crippen LogP contribution in [0.3, 0.4) is 0 Å². The minimum absolute atomic E-state index is 0.0975. The van der Waals surface area contributed by atoms with Crippen LogP contribution < -0.4 is 0 Å². The maximum Gasteiger partial charge on any atom is 0.346 e. The third-order valence-corrected chi connectivity index (χ3v) is 2.24. The Bertz CT molecular complexity index is 567. The van der Waals surface area contributed by atoms with Crippen LogP contribution in [0.25, 0.3) is 0 Å². The summed E-state index contributed by atoms with van der Waals surface area (Å²) in [5, 5.41) is 19.6. The summed E-state index contributed by atoms with van der Waals surface area (Å²) >= 11 is 0. The summed E-state index contributed by atoms with van der Waals surface area (Å²) in [4.78, 5) is 21.5. The van der Waals surface area contributed by atoms with Gasteiger partial charge in [0, 0.05) is 11.6 Å². The Morgan fingerprint density at radius 2 is 2.21 bits per heavy atom. The summed E-state index contributed by atoms with van der Waals surface area (Å²) in [6.45, 7) is 1.35. The molecule has 0 amide bonds. The highest BCUT2D eigenvalue weighted by atomic mass is 19.3. The van der Waals surface area contributed by atoms with Crippen LogP contribution in [-0.2, 0) is 4.74 Å². The quantitative estimate of drug-likeness (QED) is 0.476. The number of hydrogen-bond acceptors (Lipinski definition) is 5. The number of rotatable bonds is 4. The topological polar surface area (TPSA) is 93.2 Å². The van der Waals surface area contributed by atoms with Gasteiger partial charge in [-0.05, 0) is 13.0 Å². The highest BCUT2D eigenvalue weighted by Crippen LogP contribution is 2.31. The molecule has 0 unspecified atom stereocenters. The predicted molar refractivity (Wildman–Crippen MR) is 58.7 cm³/mol. The minimum Gasteiger partial charge on any atom is -0.462 e. The number of nitro groups is 1. The van der Waals surface area contributed by atoms with Gasteiger partial charge in [0.1, 0.15) is 6.07 Å². The lowest BCUT2D eigenvalue weighted by atomic mass is 10.00. The number of nitriles is 1. The summed E-state index contributed by atoms with van der Waals surface area (Å²) in [6.07, 6.45) is -3.02. The largest absolute Gasteiger partial charge is 0.462 e. The lowest BCUT2D eigenvalue weighted by Gasteiger charge is -2.08. The molecule has 8 heteroatoms. The highest BCUT2D eigenvalue weighted by molar-refractivity contribution is 5.97. The van der Waals surface area contributed by atoms with E-state index in [-0.39, 0.29) is 6.61 Å². The number of alkyl halides is 2. The van der Waals surface area contributed by atoms with E-state index >= 15 is 0 Å². The van der Waals surface area contributed by atoms with E-state index in [9.17, 15) is 23.7 Å². The lowest BCUT2D eigenvalue weighted by Crippen LogP contribution is -2.12. The van der Waals surface area contributed by atoms with E-state index in [1.54, 1.807) is 0 Å². The molecule has 1 aromatic carbocycles. The van der Waals surface area contributed by atoms with E-state index < -0.39 is 39.7 Å². The number of esters is 1. The summed E-state index contributed by atoms with van der Waals surface area (Å²) in [5.74, 6) is -1.17. The number of carbonyl (C=O) groups excluding carboxylic acids is 1. The second-order valence-corrected chi connectivity index (χ2v) is 3.31. The normalized spacial score (nSPS) is 10.1. The highest BCUT2D eigenvalue weighted by Gasteiger charge is 2.30. The van der Waals surface area contributed by atoms with Crippen LogP contribution in [0.2, 0.25) is 0 Å². The molecule has 0 aliphatic carbocycles. The van der Waals surface area contributed by atoms with E-state index in [1.807, 2.05) is 0 Å². The zero-order valence-electron chi connectivity index (χ0n) is 9.72. The molecule has 0 aliphatic rings. The van der Waals surface area contributed by atoms with Crippen molar-refractivity contribution in [2.24, 2.45) is 0 Å². The van der Waals surface area contributed by atoms with Crippen LogP contribution in [0.1, 0.15) is 34.8 Å². The number of halogens is 2. The van der Waals surface area contributed by atoms with Crippen molar-refractivity contribution in [3.05, 3.63) is 38.9 Å². The van der Waals surface area contributed by atoms with Gasteiger partial charge in [-0.15, -0.1) is 0 Å². The molecule has 0 spiro atoms. The van der Waals surface area contributed by atoms with Crippen LogP contribution in [0.15, 0.2) is 12.1 Å². The van der Waals surface area contributed by atoms with Crippen LogP contribution in [-0.4, -0.2) is 17.5 Å². The van der Waals surface area contributed by atoms with Gasteiger partial charge in [-0.1, -0.05) is 0 Å². The molecule has 0 N–H and O–H groups in total. The first-order valence-corrected chi connectivity index (χ1v) is 5.10. The Morgan fingerprint density at radius 3 is 2.63 bits per heavy atom. The second-order valence-electron chi connectivity index (χ2n) is 3.31. The zero-order valence-corrected chi connectivity index (χ0v) is 9.72. The number of carbonyl (C=O) groups is 1. The first-order chi connectivity index (χ1) is 8.93. The monoisotopic (exact) mass is 270 g/mol. The number of nitro benzene ring substituents is 1. The molecular formula is C11H8F2N2O4. The third kappa shape index (κ3) is 2.82. The molecule has 0 atom stereocenters. The summed E-state index contributed by atoms with van der Waals surface area (Å²) < 4.78 is 30.0. The van der Waals surface area contributed by atoms with Crippen molar-refractivity contribution in [1.82, 2.24) is 0 Å². The molecule has 0 heterocycles. The molecule has 0 saturated carbocycles. The first-order valence-electron chi connectivity index (χ1n) is 5.10. The molecule has 19 heavy (non-hydrogen) atoms. The molecule has 0 saturated heterocycles. The minimum atomic E-state index is -3.02. The van der Waals surface area contributed by atoms with Gasteiger partial charge in [-0.2, -0.15) is 5.26 Å². The van der Waals surface area contributed by atoms with Gasteiger partial charge in [-0.3, -0.25) is 10.1 Å². The average molecular weight is 270 g/mol. The molecule has 0 aliphatic heterocycles.